The van der Waals surface area contributed by atoms with Crippen molar-refractivity contribution in [2.24, 2.45) is 16.3 Å². The van der Waals surface area contributed by atoms with Crippen LogP contribution in [0.1, 0.15) is 34.1 Å². The zero-order valence-electron chi connectivity index (χ0n) is 9.95. The van der Waals surface area contributed by atoms with Gasteiger partial charge in [-0.2, -0.15) is 0 Å². The van der Waals surface area contributed by atoms with Crippen LogP contribution in [0.4, 0.5) is 0 Å². The fraction of sp³-hybridized carbons (Fsp3) is 0.800. The minimum Gasteiger partial charge on any atom is -0.409 e. The number of hydrogen-bond acceptors (Lipinski definition) is 3. The van der Waals surface area contributed by atoms with E-state index in [1.165, 1.54) is 0 Å². The van der Waals surface area contributed by atoms with Crippen LogP contribution in [-0.4, -0.2) is 34.9 Å². The maximum absolute atomic E-state index is 11.9. The highest BCUT2D eigenvalue weighted by Gasteiger charge is 2.27. The Morgan fingerprint density at radius 3 is 2.33 bits per heavy atom. The van der Waals surface area contributed by atoms with Gasteiger partial charge in [0.2, 0.25) is 5.91 Å². The normalized spacial score (nSPS) is 12.7. The Morgan fingerprint density at radius 2 is 2.00 bits per heavy atom. The van der Waals surface area contributed by atoms with Crippen LogP contribution in [0.5, 0.6) is 0 Å². The summed E-state index contributed by atoms with van der Waals surface area (Å²) in [5, 5.41) is 11.3. The predicted octanol–water partition coefficient (Wildman–Crippen LogP) is 1.02. The second-order valence-electron chi connectivity index (χ2n) is 4.57. The van der Waals surface area contributed by atoms with E-state index in [2.05, 4.69) is 5.16 Å². The number of carbonyl (C=O) groups is 1. The minimum absolute atomic E-state index is 0.0101. The maximum Gasteiger partial charge on any atom is 0.228 e. The molecule has 1 amide bonds. The molecule has 0 bridgehead atoms. The average molecular weight is 215 g/mol. The lowest BCUT2D eigenvalue weighted by Gasteiger charge is -2.28. The van der Waals surface area contributed by atoms with E-state index in [4.69, 9.17) is 10.9 Å². The van der Waals surface area contributed by atoms with Gasteiger partial charge < -0.3 is 15.8 Å². The second kappa shape index (κ2) is 5.58. The van der Waals surface area contributed by atoms with Gasteiger partial charge in [-0.1, -0.05) is 32.9 Å². The molecule has 0 aliphatic rings. The standard InChI is InChI=1S/C10H21N3O2/c1-5-6-13(7-8(11)12-15)9(14)10(2,3)4/h15H,5-7H2,1-4H3,(H2,11,12). The number of hydrogen-bond donors (Lipinski definition) is 2. The number of nitrogens with zero attached hydrogens (tertiary/aromatic N) is 2. The first-order valence-corrected chi connectivity index (χ1v) is 5.08. The first-order valence-electron chi connectivity index (χ1n) is 5.08. The zero-order valence-corrected chi connectivity index (χ0v) is 9.95. The third-order valence-corrected chi connectivity index (χ3v) is 1.90. The first kappa shape index (κ1) is 13.7. The van der Waals surface area contributed by atoms with E-state index in [1.807, 2.05) is 27.7 Å². The molecule has 0 saturated carbocycles. The number of amidine groups is 1. The lowest BCUT2D eigenvalue weighted by atomic mass is 9.94. The lowest BCUT2D eigenvalue weighted by Crippen LogP contribution is -2.44. The third-order valence-electron chi connectivity index (χ3n) is 1.90. The molecule has 0 spiro atoms. The van der Waals surface area contributed by atoms with Gasteiger partial charge in [0.15, 0.2) is 5.84 Å². The van der Waals surface area contributed by atoms with Crippen LogP contribution < -0.4 is 5.73 Å². The largest absolute Gasteiger partial charge is 0.409 e. The van der Waals surface area contributed by atoms with Crippen LogP contribution in [-0.2, 0) is 4.79 Å². The van der Waals surface area contributed by atoms with E-state index < -0.39 is 5.41 Å². The van der Waals surface area contributed by atoms with E-state index >= 15 is 0 Å². The molecule has 0 aliphatic carbocycles. The molecule has 0 heterocycles. The number of nitrogens with two attached hydrogens (primary N) is 1. The Bertz CT molecular complexity index is 244. The van der Waals surface area contributed by atoms with Crippen molar-refractivity contribution >= 4 is 11.7 Å². The van der Waals surface area contributed by atoms with Crippen molar-refractivity contribution in [3.8, 4) is 0 Å². The summed E-state index contributed by atoms with van der Waals surface area (Å²) in [6, 6.07) is 0. The summed E-state index contributed by atoms with van der Waals surface area (Å²) < 4.78 is 0. The molecule has 0 unspecified atom stereocenters. The fourth-order valence-corrected chi connectivity index (χ4v) is 1.22. The van der Waals surface area contributed by atoms with Crippen molar-refractivity contribution in [1.82, 2.24) is 4.90 Å². The van der Waals surface area contributed by atoms with Crippen molar-refractivity contribution in [1.29, 1.82) is 0 Å². The molecule has 0 rings (SSSR count). The fourth-order valence-electron chi connectivity index (χ4n) is 1.22. The maximum atomic E-state index is 11.9. The molecule has 0 aromatic rings. The van der Waals surface area contributed by atoms with Gasteiger partial charge in [0.1, 0.15) is 0 Å². The van der Waals surface area contributed by atoms with Crippen LogP contribution in [0.2, 0.25) is 0 Å². The zero-order chi connectivity index (χ0) is 12.1. The summed E-state index contributed by atoms with van der Waals surface area (Å²) in [5.41, 5.74) is 4.95. The quantitative estimate of drug-likeness (QED) is 0.318. The van der Waals surface area contributed by atoms with Crippen LogP contribution in [0.25, 0.3) is 0 Å². The smallest absolute Gasteiger partial charge is 0.228 e. The van der Waals surface area contributed by atoms with Gasteiger partial charge in [-0.3, -0.25) is 4.79 Å². The van der Waals surface area contributed by atoms with Gasteiger partial charge in [0, 0.05) is 12.0 Å². The van der Waals surface area contributed by atoms with Gasteiger partial charge >= 0.3 is 0 Å². The molecule has 5 nitrogen and oxygen atoms in total. The van der Waals surface area contributed by atoms with E-state index in [-0.39, 0.29) is 18.3 Å². The highest BCUT2D eigenvalue weighted by molar-refractivity contribution is 5.88. The van der Waals surface area contributed by atoms with E-state index in [9.17, 15) is 4.79 Å². The summed E-state index contributed by atoms with van der Waals surface area (Å²) in [5.74, 6) is 0.0667. The van der Waals surface area contributed by atoms with Crippen molar-refractivity contribution < 1.29 is 10.0 Å². The highest BCUT2D eigenvalue weighted by atomic mass is 16.4. The summed E-state index contributed by atoms with van der Waals surface area (Å²) in [6.07, 6.45) is 0.848. The van der Waals surface area contributed by atoms with Crippen molar-refractivity contribution in [2.45, 2.75) is 34.1 Å². The summed E-state index contributed by atoms with van der Waals surface area (Å²) >= 11 is 0. The van der Waals surface area contributed by atoms with E-state index in [0.717, 1.165) is 6.42 Å². The van der Waals surface area contributed by atoms with Crippen LogP contribution >= 0.6 is 0 Å². The van der Waals surface area contributed by atoms with Crippen LogP contribution in [0, 0.1) is 5.41 Å². The predicted molar refractivity (Wildman–Crippen MR) is 59.7 cm³/mol. The molecule has 0 atom stereocenters. The Labute approximate surface area is 90.9 Å². The Morgan fingerprint density at radius 1 is 1.47 bits per heavy atom. The van der Waals surface area contributed by atoms with Crippen LogP contribution in [0.15, 0.2) is 5.16 Å². The Kier molecular flexibility index (Phi) is 5.11. The molecule has 5 heteroatoms. The molecule has 88 valence electrons. The second-order valence-corrected chi connectivity index (χ2v) is 4.57. The highest BCUT2D eigenvalue weighted by Crippen LogP contribution is 2.17. The van der Waals surface area contributed by atoms with Crippen LogP contribution in [0.3, 0.4) is 0 Å². The van der Waals surface area contributed by atoms with Crippen molar-refractivity contribution in [3.63, 3.8) is 0 Å². The minimum atomic E-state index is -0.440. The van der Waals surface area contributed by atoms with Crippen molar-refractivity contribution in [3.05, 3.63) is 0 Å². The molecule has 15 heavy (non-hydrogen) atoms. The molecule has 3 N–H and O–H groups in total. The van der Waals surface area contributed by atoms with Gasteiger partial charge in [-0.05, 0) is 6.42 Å². The number of rotatable bonds is 4. The van der Waals surface area contributed by atoms with Gasteiger partial charge in [-0.15, -0.1) is 0 Å². The topological polar surface area (TPSA) is 78.9 Å². The Hall–Kier alpha value is -1.26. The monoisotopic (exact) mass is 215 g/mol. The summed E-state index contributed by atoms with van der Waals surface area (Å²) in [7, 11) is 0. The molecule has 0 aromatic carbocycles. The Balaban J connectivity index is 4.60. The molecular weight excluding hydrogens is 194 g/mol. The lowest BCUT2D eigenvalue weighted by molar-refractivity contribution is -0.138. The summed E-state index contributed by atoms with van der Waals surface area (Å²) in [6.45, 7) is 8.33. The molecule has 0 saturated heterocycles. The number of oxime groups is 1. The van der Waals surface area contributed by atoms with Gasteiger partial charge in [0.05, 0.1) is 6.54 Å². The van der Waals surface area contributed by atoms with E-state index in [1.54, 1.807) is 4.90 Å². The number of carbonyl (C=O) groups excluding carboxylic acids is 1. The molecule has 0 aliphatic heterocycles. The molecule has 0 fully saturated rings. The SMILES string of the molecule is CCCN(CC(N)=NO)C(=O)C(C)(C)C. The van der Waals surface area contributed by atoms with E-state index in [0.29, 0.717) is 6.54 Å². The van der Waals surface area contributed by atoms with Gasteiger partial charge in [0.25, 0.3) is 0 Å². The molecule has 0 radical (unpaired) electrons. The van der Waals surface area contributed by atoms with Crippen molar-refractivity contribution in [2.75, 3.05) is 13.1 Å². The van der Waals surface area contributed by atoms with Gasteiger partial charge in [-0.25, -0.2) is 0 Å². The number of amides is 1. The first-order chi connectivity index (χ1) is 6.82. The average Bonchev–Trinajstić information content (AvgIpc) is 2.14. The molecule has 0 aromatic heterocycles. The molecular formula is C10H21N3O2. The summed E-state index contributed by atoms with van der Waals surface area (Å²) in [4.78, 5) is 13.5. The third kappa shape index (κ3) is 4.67.